The van der Waals surface area contributed by atoms with Gasteiger partial charge in [-0.15, -0.1) is 0 Å². The van der Waals surface area contributed by atoms with Crippen LogP contribution in [-0.2, 0) is 0 Å². The van der Waals surface area contributed by atoms with Crippen molar-refractivity contribution in [3.63, 3.8) is 0 Å². The fourth-order valence-corrected chi connectivity index (χ4v) is 6.72. The molecule has 0 amide bonds. The monoisotopic (exact) mass is 440 g/mol. The Labute approximate surface area is 197 Å². The number of benzene rings is 5. The average molecular weight is 441 g/mol. The molecule has 0 aromatic heterocycles. The highest BCUT2D eigenvalue weighted by Gasteiger charge is 2.21. The van der Waals surface area contributed by atoms with Crippen LogP contribution in [0.3, 0.4) is 0 Å². The van der Waals surface area contributed by atoms with Gasteiger partial charge in [0.2, 0.25) is 0 Å². The second-order valence-corrected chi connectivity index (χ2v) is 10.1. The predicted octanol–water partition coefficient (Wildman–Crippen LogP) is 7.17. The molecule has 0 aliphatic rings. The first-order chi connectivity index (χ1) is 16.3. The molecule has 0 bridgehead atoms. The van der Waals surface area contributed by atoms with Crippen molar-refractivity contribution in [1.82, 2.24) is 0 Å². The fraction of sp³-hybridized carbons (Fsp3) is 0. The fourth-order valence-electron chi connectivity index (χ4n) is 4.25. The summed E-state index contributed by atoms with van der Waals surface area (Å²) in [5.74, 6) is 0. The van der Waals surface area contributed by atoms with Crippen molar-refractivity contribution in [3.8, 4) is 11.1 Å². The molecule has 0 saturated carbocycles. The third-order valence-electron chi connectivity index (χ3n) is 5.84. The van der Waals surface area contributed by atoms with Gasteiger partial charge in [0, 0.05) is 0 Å². The molecule has 0 radical (unpaired) electrons. The second-order valence-electron chi connectivity index (χ2n) is 7.91. The summed E-state index contributed by atoms with van der Waals surface area (Å²) in [7, 11) is -0.706. The third-order valence-corrected chi connectivity index (χ3v) is 8.34. The molecule has 0 saturated heterocycles. The molecule has 158 valence electrons. The van der Waals surface area contributed by atoms with Crippen molar-refractivity contribution in [2.24, 2.45) is 0 Å². The van der Waals surface area contributed by atoms with Gasteiger partial charge in [-0.25, -0.2) is 0 Å². The highest BCUT2D eigenvalue weighted by atomic mass is 31.1. The molecule has 5 rings (SSSR count). The highest BCUT2D eigenvalue weighted by Crippen LogP contribution is 2.39. The Morgan fingerprint density at radius 1 is 0.455 bits per heavy atom. The average Bonchev–Trinajstić information content (AvgIpc) is 2.90. The first kappa shape index (κ1) is 21.1. The van der Waals surface area contributed by atoms with Gasteiger partial charge in [-0.05, 0) is 51.7 Å². The van der Waals surface area contributed by atoms with Crippen molar-refractivity contribution in [2.75, 3.05) is 0 Å². The van der Waals surface area contributed by atoms with E-state index in [9.17, 15) is 0 Å². The summed E-state index contributed by atoms with van der Waals surface area (Å²) in [6.45, 7) is 4.48. The van der Waals surface area contributed by atoms with E-state index in [0.717, 1.165) is 11.1 Å². The van der Waals surface area contributed by atoms with Crippen molar-refractivity contribution < 1.29 is 0 Å². The zero-order valence-corrected chi connectivity index (χ0v) is 19.3. The van der Waals surface area contributed by atoms with Gasteiger partial charge in [0.15, 0.2) is 0 Å². The summed E-state index contributed by atoms with van der Waals surface area (Å²) in [4.78, 5) is 0. The molecule has 0 spiro atoms. The Morgan fingerprint density at radius 2 is 0.909 bits per heavy atom. The topological polar surface area (TPSA) is 0 Å². The van der Waals surface area contributed by atoms with Crippen LogP contribution in [0.4, 0.5) is 0 Å². The lowest BCUT2D eigenvalue weighted by atomic mass is 9.91. The largest absolute Gasteiger partial charge is 0.0905 e. The normalized spacial score (nSPS) is 10.8. The van der Waals surface area contributed by atoms with E-state index in [1.54, 1.807) is 0 Å². The summed E-state index contributed by atoms with van der Waals surface area (Å²) in [5, 5.41) is 4.06. The van der Waals surface area contributed by atoms with E-state index in [1.807, 2.05) is 6.07 Å². The quantitative estimate of drug-likeness (QED) is 0.246. The van der Waals surface area contributed by atoms with Crippen LogP contribution in [0.1, 0.15) is 11.1 Å². The molecule has 5 aromatic rings. The van der Waals surface area contributed by atoms with Crippen LogP contribution < -0.4 is 15.9 Å². The lowest BCUT2D eigenvalue weighted by Gasteiger charge is -2.23. The lowest BCUT2D eigenvalue weighted by molar-refractivity contribution is 1.54. The van der Waals surface area contributed by atoms with Crippen molar-refractivity contribution >= 4 is 29.4 Å². The molecule has 0 heterocycles. The molecule has 0 aliphatic carbocycles. The molecule has 0 fully saturated rings. The number of hydrogen-bond donors (Lipinski definition) is 0. The van der Waals surface area contributed by atoms with Crippen molar-refractivity contribution in [2.45, 2.75) is 0 Å². The summed E-state index contributed by atoms with van der Waals surface area (Å²) in [5.41, 5.74) is 5.86. The predicted molar refractivity (Wildman–Crippen MR) is 145 cm³/mol. The smallest absolute Gasteiger partial charge is 0.00724 e. The molecule has 0 aliphatic heterocycles. The van der Waals surface area contributed by atoms with E-state index in [1.165, 1.54) is 32.6 Å². The first-order valence-corrected chi connectivity index (χ1v) is 12.5. The third kappa shape index (κ3) is 4.44. The molecule has 0 N–H and O–H groups in total. The van der Waals surface area contributed by atoms with Gasteiger partial charge in [-0.2, -0.15) is 0 Å². The molecule has 0 nitrogen and oxygen atoms in total. The maximum Gasteiger partial charge on any atom is -0.00724 e. The summed E-state index contributed by atoms with van der Waals surface area (Å²) >= 11 is 0. The SMILES string of the molecule is C=C(c1ccccc1)c1ccccc1-c1ccccc1P(c1ccccc1)c1ccccc1. The maximum atomic E-state index is 4.48. The first-order valence-electron chi connectivity index (χ1n) is 11.2. The van der Waals surface area contributed by atoms with Gasteiger partial charge in [-0.3, -0.25) is 0 Å². The summed E-state index contributed by atoms with van der Waals surface area (Å²) < 4.78 is 0. The Morgan fingerprint density at radius 3 is 1.52 bits per heavy atom. The molecule has 0 unspecified atom stereocenters. The molecular formula is C32H25P. The Hall–Kier alpha value is -3.73. The van der Waals surface area contributed by atoms with E-state index in [4.69, 9.17) is 0 Å². The number of rotatable bonds is 6. The Bertz CT molecular complexity index is 1320. The van der Waals surface area contributed by atoms with Crippen LogP contribution in [0.5, 0.6) is 0 Å². The zero-order chi connectivity index (χ0) is 22.5. The Balaban J connectivity index is 1.70. The van der Waals surface area contributed by atoms with Crippen LogP contribution >= 0.6 is 7.92 Å². The summed E-state index contributed by atoms with van der Waals surface area (Å²) in [6.07, 6.45) is 0. The summed E-state index contributed by atoms with van der Waals surface area (Å²) in [6, 6.07) is 49.7. The van der Waals surface area contributed by atoms with Crippen LogP contribution in [0.25, 0.3) is 16.7 Å². The maximum absolute atomic E-state index is 4.48. The molecular weight excluding hydrogens is 415 g/mol. The van der Waals surface area contributed by atoms with Gasteiger partial charge in [0.25, 0.3) is 0 Å². The van der Waals surface area contributed by atoms with Crippen LogP contribution in [0.15, 0.2) is 146 Å². The van der Waals surface area contributed by atoms with Gasteiger partial charge in [-0.1, -0.05) is 146 Å². The van der Waals surface area contributed by atoms with Gasteiger partial charge in [0.05, 0.1) is 0 Å². The molecule has 5 aromatic carbocycles. The van der Waals surface area contributed by atoms with Crippen LogP contribution in [0, 0.1) is 0 Å². The second kappa shape index (κ2) is 9.82. The van der Waals surface area contributed by atoms with E-state index >= 15 is 0 Å². The lowest BCUT2D eigenvalue weighted by Crippen LogP contribution is -2.22. The van der Waals surface area contributed by atoms with E-state index < -0.39 is 7.92 Å². The van der Waals surface area contributed by atoms with E-state index in [-0.39, 0.29) is 0 Å². The van der Waals surface area contributed by atoms with Crippen LogP contribution in [0.2, 0.25) is 0 Å². The van der Waals surface area contributed by atoms with Crippen molar-refractivity contribution in [3.05, 3.63) is 157 Å². The van der Waals surface area contributed by atoms with Crippen LogP contribution in [-0.4, -0.2) is 0 Å². The zero-order valence-electron chi connectivity index (χ0n) is 18.4. The van der Waals surface area contributed by atoms with Crippen molar-refractivity contribution in [1.29, 1.82) is 0 Å². The van der Waals surface area contributed by atoms with Gasteiger partial charge >= 0.3 is 0 Å². The molecule has 1 heteroatoms. The molecule has 0 atom stereocenters. The van der Waals surface area contributed by atoms with E-state index in [0.29, 0.717) is 0 Å². The van der Waals surface area contributed by atoms with Gasteiger partial charge < -0.3 is 0 Å². The van der Waals surface area contributed by atoms with E-state index in [2.05, 4.69) is 140 Å². The minimum atomic E-state index is -0.706. The van der Waals surface area contributed by atoms with Gasteiger partial charge in [0.1, 0.15) is 0 Å². The minimum Gasteiger partial charge on any atom is -0.0905 e. The standard InChI is InChI=1S/C32H25P/c1-25(26-15-5-2-6-16-26)29-21-11-12-22-30(29)31-23-13-14-24-32(31)33(27-17-7-3-8-18-27)28-19-9-4-10-20-28/h2-24H,1H2. The highest BCUT2D eigenvalue weighted by molar-refractivity contribution is 7.80. The number of hydrogen-bond acceptors (Lipinski definition) is 0. The molecule has 33 heavy (non-hydrogen) atoms. The Kier molecular flexibility index (Phi) is 6.29. The minimum absolute atomic E-state index is 0.706.